The van der Waals surface area contributed by atoms with Gasteiger partial charge in [0.05, 0.1) is 25.6 Å². The molecular formula is C25H41N5O5. The summed E-state index contributed by atoms with van der Waals surface area (Å²) in [7, 11) is 1.71. The van der Waals surface area contributed by atoms with Gasteiger partial charge in [0.25, 0.3) is 0 Å². The number of nitrogens with zero attached hydrogens (tertiary/aromatic N) is 2. The van der Waals surface area contributed by atoms with Gasteiger partial charge in [0.1, 0.15) is 11.9 Å². The first kappa shape index (κ1) is 28.2. The van der Waals surface area contributed by atoms with Gasteiger partial charge in [-0.1, -0.05) is 6.92 Å². The standard InChI is InChI=1S/C25H41N5O5/c1-15(2)26-24(33)28-20-8-9-21-19(10-20)11-23(32)30(18(6)14-31)12-17(5)22(35-21)13-29(7)25(34)27-16(3)4/h8-10,15-18,22,31H,11-14H2,1-7H3,(H,27,34)(H2,26,28,33)/t17-,18+,22+/m0/s1. The number of ether oxygens (including phenoxy) is 1. The Labute approximate surface area is 208 Å². The van der Waals surface area contributed by atoms with Gasteiger partial charge in [-0.3, -0.25) is 4.79 Å². The van der Waals surface area contributed by atoms with Crippen LogP contribution in [-0.4, -0.2) is 83.8 Å². The molecule has 0 radical (unpaired) electrons. The van der Waals surface area contributed by atoms with Crippen LogP contribution in [0.15, 0.2) is 18.2 Å². The molecule has 10 heteroatoms. The van der Waals surface area contributed by atoms with Gasteiger partial charge in [0.15, 0.2) is 0 Å². The summed E-state index contributed by atoms with van der Waals surface area (Å²) in [5.74, 6) is 0.266. The summed E-state index contributed by atoms with van der Waals surface area (Å²) < 4.78 is 6.40. The van der Waals surface area contributed by atoms with E-state index in [0.29, 0.717) is 30.1 Å². The van der Waals surface area contributed by atoms with Crippen molar-refractivity contribution in [3.8, 4) is 5.75 Å². The zero-order chi connectivity index (χ0) is 26.3. The zero-order valence-electron chi connectivity index (χ0n) is 21.9. The fraction of sp³-hybridized carbons (Fsp3) is 0.640. The minimum atomic E-state index is -0.404. The maximum absolute atomic E-state index is 13.3. The maximum Gasteiger partial charge on any atom is 0.319 e. The Morgan fingerprint density at radius 3 is 2.43 bits per heavy atom. The SMILES string of the molecule is CC(C)NC(=O)Nc1ccc2c(c1)CC(=O)N([C@H](C)CO)C[C@H](C)[C@@H](CN(C)C(=O)NC(C)C)O2. The predicted molar refractivity (Wildman–Crippen MR) is 136 cm³/mol. The molecule has 4 N–H and O–H groups in total. The summed E-state index contributed by atoms with van der Waals surface area (Å²) in [6, 6.07) is 4.27. The summed E-state index contributed by atoms with van der Waals surface area (Å²) in [6.07, 6.45) is -0.344. The van der Waals surface area contributed by atoms with Crippen LogP contribution in [0, 0.1) is 5.92 Å². The van der Waals surface area contributed by atoms with Gasteiger partial charge in [-0.05, 0) is 52.8 Å². The van der Waals surface area contributed by atoms with Crippen molar-refractivity contribution in [1.29, 1.82) is 0 Å². The minimum Gasteiger partial charge on any atom is -0.488 e. The number of aliphatic hydroxyl groups is 1. The molecule has 0 aromatic heterocycles. The summed E-state index contributed by atoms with van der Waals surface area (Å²) in [6.45, 7) is 11.8. The molecule has 1 aromatic rings. The molecule has 2 rings (SSSR count). The van der Waals surface area contributed by atoms with Crippen molar-refractivity contribution >= 4 is 23.7 Å². The van der Waals surface area contributed by atoms with E-state index in [0.717, 1.165) is 0 Å². The number of aliphatic hydroxyl groups excluding tert-OH is 1. The Bertz CT molecular complexity index is 891. The molecule has 1 aliphatic heterocycles. The highest BCUT2D eigenvalue weighted by Gasteiger charge is 2.32. The Kier molecular flexibility index (Phi) is 10.2. The minimum absolute atomic E-state index is 0.00175. The Hall–Kier alpha value is -3.01. The van der Waals surface area contributed by atoms with E-state index in [1.54, 1.807) is 42.0 Å². The van der Waals surface area contributed by atoms with Crippen molar-refractivity contribution in [3.05, 3.63) is 23.8 Å². The molecular weight excluding hydrogens is 450 g/mol. The molecule has 196 valence electrons. The van der Waals surface area contributed by atoms with Gasteiger partial charge in [0, 0.05) is 42.8 Å². The van der Waals surface area contributed by atoms with E-state index in [1.165, 1.54) is 0 Å². The fourth-order valence-corrected chi connectivity index (χ4v) is 3.86. The Balaban J connectivity index is 2.38. The number of hydrogen-bond acceptors (Lipinski definition) is 5. The summed E-state index contributed by atoms with van der Waals surface area (Å²) in [5, 5.41) is 18.2. The van der Waals surface area contributed by atoms with Crippen LogP contribution in [0.1, 0.15) is 47.1 Å². The van der Waals surface area contributed by atoms with Crippen LogP contribution < -0.4 is 20.7 Å². The highest BCUT2D eigenvalue weighted by atomic mass is 16.5. The number of fused-ring (bicyclic) bond motifs is 1. The predicted octanol–water partition coefficient (Wildman–Crippen LogP) is 2.42. The molecule has 0 saturated carbocycles. The topological polar surface area (TPSA) is 123 Å². The van der Waals surface area contributed by atoms with Crippen LogP contribution in [0.4, 0.5) is 15.3 Å². The first-order valence-electron chi connectivity index (χ1n) is 12.2. The molecule has 0 bridgehead atoms. The van der Waals surface area contributed by atoms with Gasteiger partial charge in [-0.2, -0.15) is 0 Å². The molecule has 5 amide bonds. The average molecular weight is 492 g/mol. The van der Waals surface area contributed by atoms with Gasteiger partial charge in [-0.25, -0.2) is 9.59 Å². The molecule has 1 heterocycles. The highest BCUT2D eigenvalue weighted by molar-refractivity contribution is 5.90. The number of carbonyl (C=O) groups excluding carboxylic acids is 3. The third-order valence-electron chi connectivity index (χ3n) is 5.81. The van der Waals surface area contributed by atoms with Crippen LogP contribution in [0.2, 0.25) is 0 Å². The lowest BCUT2D eigenvalue weighted by atomic mass is 10.0. The van der Waals surface area contributed by atoms with Crippen LogP contribution in [0.25, 0.3) is 0 Å². The summed E-state index contributed by atoms with van der Waals surface area (Å²) in [5.41, 5.74) is 1.17. The number of urea groups is 2. The molecule has 0 aliphatic carbocycles. The molecule has 0 saturated heterocycles. The molecule has 1 aromatic carbocycles. The lowest BCUT2D eigenvalue weighted by Gasteiger charge is -2.34. The van der Waals surface area contributed by atoms with Gasteiger partial charge >= 0.3 is 12.1 Å². The number of rotatable bonds is 7. The average Bonchev–Trinajstić information content (AvgIpc) is 2.80. The third kappa shape index (κ3) is 8.31. The monoisotopic (exact) mass is 491 g/mol. The second kappa shape index (κ2) is 12.6. The van der Waals surface area contributed by atoms with Crippen molar-refractivity contribution in [1.82, 2.24) is 20.4 Å². The first-order valence-corrected chi connectivity index (χ1v) is 12.2. The molecule has 0 spiro atoms. The highest BCUT2D eigenvalue weighted by Crippen LogP contribution is 2.29. The molecule has 10 nitrogen and oxygen atoms in total. The van der Waals surface area contributed by atoms with Crippen molar-refractivity contribution in [2.24, 2.45) is 5.92 Å². The van der Waals surface area contributed by atoms with Crippen LogP contribution >= 0.6 is 0 Å². The number of anilines is 1. The van der Waals surface area contributed by atoms with E-state index >= 15 is 0 Å². The van der Waals surface area contributed by atoms with Crippen LogP contribution in [-0.2, 0) is 11.2 Å². The first-order chi connectivity index (χ1) is 16.4. The maximum atomic E-state index is 13.3. The van der Waals surface area contributed by atoms with E-state index in [9.17, 15) is 19.5 Å². The van der Waals surface area contributed by atoms with Gasteiger partial charge < -0.3 is 35.6 Å². The molecule has 1 aliphatic rings. The zero-order valence-corrected chi connectivity index (χ0v) is 21.9. The number of likely N-dealkylation sites (N-methyl/N-ethyl adjacent to an activating group) is 1. The van der Waals surface area contributed by atoms with Crippen LogP contribution in [0.5, 0.6) is 5.75 Å². The summed E-state index contributed by atoms with van der Waals surface area (Å²) >= 11 is 0. The molecule has 35 heavy (non-hydrogen) atoms. The lowest BCUT2D eigenvalue weighted by molar-refractivity contribution is -0.134. The van der Waals surface area contributed by atoms with E-state index in [2.05, 4.69) is 16.0 Å². The van der Waals surface area contributed by atoms with Crippen molar-refractivity contribution in [3.63, 3.8) is 0 Å². The van der Waals surface area contributed by atoms with E-state index in [1.807, 2.05) is 34.6 Å². The Morgan fingerprint density at radius 2 is 1.83 bits per heavy atom. The van der Waals surface area contributed by atoms with Crippen LogP contribution in [0.3, 0.4) is 0 Å². The van der Waals surface area contributed by atoms with Gasteiger partial charge in [0.2, 0.25) is 5.91 Å². The van der Waals surface area contributed by atoms with Gasteiger partial charge in [-0.15, -0.1) is 0 Å². The summed E-state index contributed by atoms with van der Waals surface area (Å²) in [4.78, 5) is 41.2. The smallest absolute Gasteiger partial charge is 0.319 e. The molecule has 0 fully saturated rings. The second-order valence-corrected chi connectivity index (χ2v) is 9.95. The number of amides is 5. The van der Waals surface area contributed by atoms with E-state index in [4.69, 9.17) is 4.74 Å². The number of nitrogens with one attached hydrogen (secondary N) is 3. The fourth-order valence-electron chi connectivity index (χ4n) is 3.86. The van der Waals surface area contributed by atoms with Crippen molar-refractivity contribution in [2.45, 2.75) is 72.2 Å². The lowest BCUT2D eigenvalue weighted by Crippen LogP contribution is -2.49. The van der Waals surface area contributed by atoms with E-state index in [-0.39, 0.29) is 55.0 Å². The Morgan fingerprint density at radius 1 is 1.17 bits per heavy atom. The number of benzene rings is 1. The number of carbonyl (C=O) groups is 3. The van der Waals surface area contributed by atoms with Crippen molar-refractivity contribution in [2.75, 3.05) is 32.1 Å². The third-order valence-corrected chi connectivity index (χ3v) is 5.81. The molecule has 3 atom stereocenters. The normalized spacial score (nSPS) is 19.1. The molecule has 0 unspecified atom stereocenters. The largest absolute Gasteiger partial charge is 0.488 e. The number of hydrogen-bond donors (Lipinski definition) is 4. The van der Waals surface area contributed by atoms with Crippen molar-refractivity contribution < 1.29 is 24.2 Å². The quantitative estimate of drug-likeness (QED) is 0.466. The second-order valence-electron chi connectivity index (χ2n) is 9.95. The van der Waals surface area contributed by atoms with E-state index < -0.39 is 6.10 Å².